The van der Waals surface area contributed by atoms with Gasteiger partial charge in [0.05, 0.1) is 6.04 Å². The quantitative estimate of drug-likeness (QED) is 0.385. The summed E-state index contributed by atoms with van der Waals surface area (Å²) in [5.74, 6) is 1.11. The highest BCUT2D eigenvalue weighted by atomic mass is 16.2. The molecule has 0 aromatic heterocycles. The molecule has 1 aromatic rings. The van der Waals surface area contributed by atoms with Crippen LogP contribution in [-0.2, 0) is 4.79 Å². The van der Waals surface area contributed by atoms with Crippen LogP contribution < -0.4 is 10.6 Å². The largest absolute Gasteiger partial charge is 0.356 e. The monoisotopic (exact) mass is 428 g/mol. The number of piperazine rings is 1. The standard InChI is InChI=1S/C23H36N6O2/c1-19(22(31)28-13-6-7-14-28)27-15-17-29(18-16-27)23(24-2)26-12-8-11-25-21(30)20-9-4-3-5-10-20/h3-5,9-10,19H,6-8,11-18H2,1-2H3,(H,24,26)(H,25,30). The molecule has 0 aliphatic carbocycles. The molecule has 0 bridgehead atoms. The van der Waals surface area contributed by atoms with Crippen LogP contribution in [0.5, 0.6) is 0 Å². The van der Waals surface area contributed by atoms with Gasteiger partial charge in [0.25, 0.3) is 5.91 Å². The highest BCUT2D eigenvalue weighted by Crippen LogP contribution is 2.14. The Kier molecular flexibility index (Phi) is 8.70. The molecule has 2 fully saturated rings. The first kappa shape index (κ1) is 23.1. The van der Waals surface area contributed by atoms with E-state index in [1.807, 2.05) is 42.2 Å². The van der Waals surface area contributed by atoms with E-state index in [-0.39, 0.29) is 17.9 Å². The van der Waals surface area contributed by atoms with E-state index in [0.717, 1.165) is 71.0 Å². The number of aliphatic imine (C=N–C) groups is 1. The molecule has 0 radical (unpaired) electrons. The second kappa shape index (κ2) is 11.7. The molecule has 1 atom stereocenters. The van der Waals surface area contributed by atoms with Crippen molar-refractivity contribution in [3.8, 4) is 0 Å². The molecule has 8 nitrogen and oxygen atoms in total. The third-order valence-electron chi connectivity index (χ3n) is 6.11. The second-order valence-electron chi connectivity index (χ2n) is 8.18. The Morgan fingerprint density at radius 1 is 0.935 bits per heavy atom. The zero-order chi connectivity index (χ0) is 22.1. The molecule has 3 rings (SSSR count). The van der Waals surface area contributed by atoms with E-state index < -0.39 is 0 Å². The lowest BCUT2D eigenvalue weighted by molar-refractivity contribution is -0.135. The lowest BCUT2D eigenvalue weighted by atomic mass is 10.2. The van der Waals surface area contributed by atoms with E-state index in [0.29, 0.717) is 12.1 Å². The van der Waals surface area contributed by atoms with Gasteiger partial charge in [0.1, 0.15) is 0 Å². The molecule has 170 valence electrons. The third-order valence-corrected chi connectivity index (χ3v) is 6.11. The Morgan fingerprint density at radius 3 is 2.23 bits per heavy atom. The summed E-state index contributed by atoms with van der Waals surface area (Å²) in [5, 5.41) is 6.34. The van der Waals surface area contributed by atoms with Gasteiger partial charge < -0.3 is 20.4 Å². The lowest BCUT2D eigenvalue weighted by Gasteiger charge is -2.39. The molecule has 2 aliphatic heterocycles. The molecule has 1 unspecified atom stereocenters. The van der Waals surface area contributed by atoms with Crippen molar-refractivity contribution in [2.24, 2.45) is 4.99 Å². The van der Waals surface area contributed by atoms with Crippen molar-refractivity contribution in [3.05, 3.63) is 35.9 Å². The van der Waals surface area contributed by atoms with Gasteiger partial charge in [-0.1, -0.05) is 18.2 Å². The molecule has 0 spiro atoms. The smallest absolute Gasteiger partial charge is 0.251 e. The molecule has 31 heavy (non-hydrogen) atoms. The zero-order valence-electron chi connectivity index (χ0n) is 18.8. The van der Waals surface area contributed by atoms with Crippen molar-refractivity contribution >= 4 is 17.8 Å². The van der Waals surface area contributed by atoms with Gasteiger partial charge in [-0.25, -0.2) is 0 Å². The van der Waals surface area contributed by atoms with Gasteiger partial charge in [0, 0.05) is 65.0 Å². The fourth-order valence-electron chi connectivity index (χ4n) is 4.19. The zero-order valence-corrected chi connectivity index (χ0v) is 18.8. The number of hydrogen-bond donors (Lipinski definition) is 2. The number of nitrogens with one attached hydrogen (secondary N) is 2. The number of guanidine groups is 1. The predicted octanol–water partition coefficient (Wildman–Crippen LogP) is 1.01. The van der Waals surface area contributed by atoms with E-state index in [1.165, 1.54) is 0 Å². The molecule has 2 saturated heterocycles. The van der Waals surface area contributed by atoms with E-state index >= 15 is 0 Å². The van der Waals surface area contributed by atoms with E-state index in [4.69, 9.17) is 0 Å². The Morgan fingerprint density at radius 2 is 1.58 bits per heavy atom. The van der Waals surface area contributed by atoms with Crippen molar-refractivity contribution in [3.63, 3.8) is 0 Å². The molecule has 2 amide bonds. The predicted molar refractivity (Wildman–Crippen MR) is 123 cm³/mol. The summed E-state index contributed by atoms with van der Waals surface area (Å²) in [6, 6.07) is 9.21. The summed E-state index contributed by atoms with van der Waals surface area (Å²) in [6.07, 6.45) is 3.08. The molecule has 2 N–H and O–H groups in total. The van der Waals surface area contributed by atoms with E-state index in [9.17, 15) is 9.59 Å². The normalized spacial score (nSPS) is 18.7. The average molecular weight is 429 g/mol. The summed E-state index contributed by atoms with van der Waals surface area (Å²) >= 11 is 0. The van der Waals surface area contributed by atoms with E-state index in [1.54, 1.807) is 7.05 Å². The SMILES string of the molecule is CN=C(NCCCNC(=O)c1ccccc1)N1CCN(C(C)C(=O)N2CCCC2)CC1. The minimum absolute atomic E-state index is 0.0429. The Labute approximate surface area is 185 Å². The number of benzene rings is 1. The summed E-state index contributed by atoms with van der Waals surface area (Å²) < 4.78 is 0. The second-order valence-corrected chi connectivity index (χ2v) is 8.18. The van der Waals surface area contributed by atoms with Crippen molar-refractivity contribution in [2.45, 2.75) is 32.2 Å². The number of amides is 2. The van der Waals surface area contributed by atoms with Gasteiger partial charge in [-0.05, 0) is 38.3 Å². The Bertz CT molecular complexity index is 740. The number of likely N-dealkylation sites (tertiary alicyclic amines) is 1. The number of hydrogen-bond acceptors (Lipinski definition) is 4. The summed E-state index contributed by atoms with van der Waals surface area (Å²) in [6.45, 7) is 8.62. The topological polar surface area (TPSA) is 80.3 Å². The van der Waals surface area contributed by atoms with Gasteiger partial charge >= 0.3 is 0 Å². The molecule has 1 aromatic carbocycles. The fourth-order valence-corrected chi connectivity index (χ4v) is 4.19. The highest BCUT2D eigenvalue weighted by Gasteiger charge is 2.30. The maximum atomic E-state index is 12.7. The Balaban J connectivity index is 1.34. The first-order valence-electron chi connectivity index (χ1n) is 11.4. The minimum atomic E-state index is -0.0524. The van der Waals surface area contributed by atoms with Crippen molar-refractivity contribution < 1.29 is 9.59 Å². The minimum Gasteiger partial charge on any atom is -0.356 e. The number of nitrogens with zero attached hydrogens (tertiary/aromatic N) is 4. The molecule has 0 saturated carbocycles. The van der Waals surface area contributed by atoms with Crippen LogP contribution in [0.4, 0.5) is 0 Å². The summed E-state index contributed by atoms with van der Waals surface area (Å²) in [7, 11) is 1.80. The highest BCUT2D eigenvalue weighted by molar-refractivity contribution is 5.94. The summed E-state index contributed by atoms with van der Waals surface area (Å²) in [4.78, 5) is 35.7. The van der Waals surface area contributed by atoms with Crippen LogP contribution in [0.15, 0.2) is 35.3 Å². The van der Waals surface area contributed by atoms with Gasteiger partial charge in [-0.15, -0.1) is 0 Å². The average Bonchev–Trinajstić information content (AvgIpc) is 3.36. The first-order chi connectivity index (χ1) is 15.1. The fraction of sp³-hybridized carbons (Fsp3) is 0.609. The number of carbonyl (C=O) groups is 2. The van der Waals surface area contributed by atoms with Gasteiger partial charge in [0.15, 0.2) is 5.96 Å². The number of rotatable bonds is 7. The molecule has 2 aliphatic rings. The molecule has 2 heterocycles. The van der Waals surface area contributed by atoms with Crippen LogP contribution >= 0.6 is 0 Å². The summed E-state index contributed by atoms with van der Waals surface area (Å²) in [5.41, 5.74) is 0.682. The van der Waals surface area contributed by atoms with Crippen LogP contribution in [0.1, 0.15) is 36.5 Å². The Hall–Kier alpha value is -2.61. The maximum absolute atomic E-state index is 12.7. The van der Waals surface area contributed by atoms with Crippen LogP contribution in [0.25, 0.3) is 0 Å². The molecular formula is C23H36N6O2. The van der Waals surface area contributed by atoms with E-state index in [2.05, 4.69) is 25.4 Å². The lowest BCUT2D eigenvalue weighted by Crippen LogP contribution is -2.57. The molecular weight excluding hydrogens is 392 g/mol. The third kappa shape index (κ3) is 6.43. The van der Waals surface area contributed by atoms with Crippen LogP contribution in [0.2, 0.25) is 0 Å². The van der Waals surface area contributed by atoms with Crippen LogP contribution in [-0.4, -0.2) is 97.9 Å². The van der Waals surface area contributed by atoms with Crippen molar-refractivity contribution in [2.75, 3.05) is 59.4 Å². The van der Waals surface area contributed by atoms with Gasteiger partial charge in [-0.3, -0.25) is 19.5 Å². The van der Waals surface area contributed by atoms with Crippen molar-refractivity contribution in [1.29, 1.82) is 0 Å². The number of carbonyl (C=O) groups excluding carboxylic acids is 2. The maximum Gasteiger partial charge on any atom is 0.251 e. The molecule has 8 heteroatoms. The van der Waals surface area contributed by atoms with Gasteiger partial charge in [-0.2, -0.15) is 0 Å². The van der Waals surface area contributed by atoms with Gasteiger partial charge in [0.2, 0.25) is 5.91 Å². The first-order valence-corrected chi connectivity index (χ1v) is 11.4. The van der Waals surface area contributed by atoms with Crippen LogP contribution in [0.3, 0.4) is 0 Å². The van der Waals surface area contributed by atoms with Crippen molar-refractivity contribution in [1.82, 2.24) is 25.3 Å². The van der Waals surface area contributed by atoms with Crippen LogP contribution in [0, 0.1) is 0 Å².